The molecule has 2 rings (SSSR count). The Kier molecular flexibility index (Phi) is 4.29. The van der Waals surface area contributed by atoms with Gasteiger partial charge in [-0.2, -0.15) is 0 Å². The first kappa shape index (κ1) is 14.8. The van der Waals surface area contributed by atoms with Crippen molar-refractivity contribution in [3.05, 3.63) is 29.6 Å². The van der Waals surface area contributed by atoms with Gasteiger partial charge in [-0.3, -0.25) is 9.69 Å². The Morgan fingerprint density at radius 3 is 2.65 bits per heavy atom. The van der Waals surface area contributed by atoms with Crippen molar-refractivity contribution in [1.82, 2.24) is 4.90 Å². The van der Waals surface area contributed by atoms with Crippen molar-refractivity contribution in [2.24, 2.45) is 11.7 Å². The fourth-order valence-electron chi connectivity index (χ4n) is 2.24. The van der Waals surface area contributed by atoms with E-state index in [9.17, 15) is 18.0 Å². The summed E-state index contributed by atoms with van der Waals surface area (Å²) in [4.78, 5) is 13.6. The predicted octanol–water partition coefficient (Wildman–Crippen LogP) is 1.32. The number of amides is 1. The number of nitrogens with two attached hydrogens (primary N) is 1. The van der Waals surface area contributed by atoms with Gasteiger partial charge in [0.1, 0.15) is 0 Å². The summed E-state index contributed by atoms with van der Waals surface area (Å²) in [5.74, 6) is -4.50. The Balaban J connectivity index is 1.97. The van der Waals surface area contributed by atoms with Crippen LogP contribution in [0.5, 0.6) is 0 Å². The van der Waals surface area contributed by atoms with E-state index in [1.54, 1.807) is 0 Å². The van der Waals surface area contributed by atoms with Crippen molar-refractivity contribution < 1.29 is 18.0 Å². The van der Waals surface area contributed by atoms with Crippen LogP contribution < -0.4 is 11.1 Å². The van der Waals surface area contributed by atoms with Gasteiger partial charge in [0.2, 0.25) is 5.91 Å². The summed E-state index contributed by atoms with van der Waals surface area (Å²) in [5, 5.41) is 2.23. The molecule has 3 N–H and O–H groups in total. The van der Waals surface area contributed by atoms with Crippen molar-refractivity contribution in [1.29, 1.82) is 0 Å². The molecule has 1 aromatic carbocycles. The van der Waals surface area contributed by atoms with Crippen molar-refractivity contribution in [2.75, 3.05) is 25.0 Å². The van der Waals surface area contributed by atoms with Crippen LogP contribution in [0.3, 0.4) is 0 Å². The van der Waals surface area contributed by atoms with Crippen molar-refractivity contribution in [3.8, 4) is 0 Å². The molecular weight excluding hydrogens is 271 g/mol. The van der Waals surface area contributed by atoms with E-state index in [4.69, 9.17) is 5.73 Å². The topological polar surface area (TPSA) is 58.4 Å². The molecule has 1 aliphatic heterocycles. The molecule has 0 aromatic heterocycles. The molecule has 20 heavy (non-hydrogen) atoms. The van der Waals surface area contributed by atoms with E-state index in [0.29, 0.717) is 13.1 Å². The van der Waals surface area contributed by atoms with Gasteiger partial charge in [-0.05, 0) is 18.1 Å². The molecule has 4 nitrogen and oxygen atoms in total. The van der Waals surface area contributed by atoms with Crippen molar-refractivity contribution >= 4 is 11.6 Å². The third-order valence-corrected chi connectivity index (χ3v) is 3.42. The maximum Gasteiger partial charge on any atom is 0.238 e. The van der Waals surface area contributed by atoms with Gasteiger partial charge >= 0.3 is 0 Å². The summed E-state index contributed by atoms with van der Waals surface area (Å²) in [6.07, 6.45) is 0. The quantitative estimate of drug-likeness (QED) is 0.824. The molecule has 1 heterocycles. The molecule has 110 valence electrons. The number of rotatable bonds is 3. The van der Waals surface area contributed by atoms with Crippen LogP contribution in [-0.4, -0.2) is 36.5 Å². The number of anilines is 1. The fourth-order valence-corrected chi connectivity index (χ4v) is 2.24. The molecule has 7 heteroatoms. The van der Waals surface area contributed by atoms with Gasteiger partial charge in [0, 0.05) is 19.1 Å². The zero-order valence-corrected chi connectivity index (χ0v) is 11.0. The Labute approximate surface area is 114 Å². The molecule has 1 aliphatic rings. The largest absolute Gasteiger partial charge is 0.326 e. The van der Waals surface area contributed by atoms with Crippen LogP contribution >= 0.6 is 0 Å². The van der Waals surface area contributed by atoms with E-state index >= 15 is 0 Å². The number of carbonyl (C=O) groups excluding carboxylic acids is 1. The zero-order chi connectivity index (χ0) is 14.9. The summed E-state index contributed by atoms with van der Waals surface area (Å²) in [7, 11) is 0. The summed E-state index contributed by atoms with van der Waals surface area (Å²) < 4.78 is 39.2. The Morgan fingerprint density at radius 2 is 2.05 bits per heavy atom. The monoisotopic (exact) mass is 287 g/mol. The van der Waals surface area contributed by atoms with Crippen molar-refractivity contribution in [2.45, 2.75) is 13.0 Å². The number of hydrogen-bond donors (Lipinski definition) is 2. The first-order valence-corrected chi connectivity index (χ1v) is 6.29. The molecule has 2 unspecified atom stereocenters. The van der Waals surface area contributed by atoms with Crippen LogP contribution in [0.15, 0.2) is 12.1 Å². The molecule has 0 spiro atoms. The standard InChI is InChI=1S/C13H16F3N3O/c1-7-4-19(5-9(7)17)6-11(20)18-10-3-2-8(14)12(15)13(10)16/h2-3,7,9H,4-6,17H2,1H3,(H,18,20). The normalized spacial score (nSPS) is 23.1. The molecule has 1 amide bonds. The number of likely N-dealkylation sites (tertiary alicyclic amines) is 1. The number of nitrogens with one attached hydrogen (secondary N) is 1. The molecule has 2 atom stereocenters. The second kappa shape index (κ2) is 5.80. The Bertz CT molecular complexity index is 514. The molecule has 0 aliphatic carbocycles. The molecule has 0 radical (unpaired) electrons. The number of halogens is 3. The molecular formula is C13H16F3N3O. The number of hydrogen-bond acceptors (Lipinski definition) is 3. The van der Waals surface area contributed by atoms with Gasteiger partial charge in [0.05, 0.1) is 12.2 Å². The van der Waals surface area contributed by atoms with E-state index in [1.807, 2.05) is 11.8 Å². The van der Waals surface area contributed by atoms with Crippen molar-refractivity contribution in [3.63, 3.8) is 0 Å². The lowest BCUT2D eigenvalue weighted by Gasteiger charge is -2.15. The zero-order valence-electron chi connectivity index (χ0n) is 11.0. The van der Waals surface area contributed by atoms with Crippen LogP contribution in [0.1, 0.15) is 6.92 Å². The highest BCUT2D eigenvalue weighted by Crippen LogP contribution is 2.20. The summed E-state index contributed by atoms with van der Waals surface area (Å²) >= 11 is 0. The van der Waals surface area contributed by atoms with Gasteiger partial charge in [-0.15, -0.1) is 0 Å². The van der Waals surface area contributed by atoms with Gasteiger partial charge in [-0.25, -0.2) is 13.2 Å². The number of carbonyl (C=O) groups is 1. The highest BCUT2D eigenvalue weighted by molar-refractivity contribution is 5.92. The first-order valence-electron chi connectivity index (χ1n) is 6.29. The molecule has 0 saturated carbocycles. The lowest BCUT2D eigenvalue weighted by Crippen LogP contribution is -2.34. The second-order valence-electron chi connectivity index (χ2n) is 5.11. The smallest absolute Gasteiger partial charge is 0.238 e. The summed E-state index contributed by atoms with van der Waals surface area (Å²) in [6, 6.07) is 1.76. The molecule has 1 aromatic rings. The van der Waals surface area contributed by atoms with Gasteiger partial charge < -0.3 is 11.1 Å². The van der Waals surface area contributed by atoms with Crippen LogP contribution in [0.25, 0.3) is 0 Å². The average Bonchev–Trinajstić information content (AvgIpc) is 2.69. The first-order chi connectivity index (χ1) is 9.38. The van der Waals surface area contributed by atoms with E-state index < -0.39 is 23.4 Å². The maximum atomic E-state index is 13.4. The lowest BCUT2D eigenvalue weighted by molar-refractivity contribution is -0.117. The van der Waals surface area contributed by atoms with E-state index in [2.05, 4.69) is 5.32 Å². The minimum Gasteiger partial charge on any atom is -0.326 e. The van der Waals surface area contributed by atoms with E-state index in [0.717, 1.165) is 12.1 Å². The SMILES string of the molecule is CC1CN(CC(=O)Nc2ccc(F)c(F)c2F)CC1N. The average molecular weight is 287 g/mol. The fraction of sp³-hybridized carbons (Fsp3) is 0.462. The highest BCUT2D eigenvalue weighted by Gasteiger charge is 2.27. The van der Waals surface area contributed by atoms with Gasteiger partial charge in [-0.1, -0.05) is 6.92 Å². The van der Waals surface area contributed by atoms with Crippen LogP contribution in [0, 0.1) is 23.4 Å². The lowest BCUT2D eigenvalue weighted by atomic mass is 10.1. The number of benzene rings is 1. The summed E-state index contributed by atoms with van der Waals surface area (Å²) in [6.45, 7) is 3.28. The second-order valence-corrected chi connectivity index (χ2v) is 5.11. The number of nitrogens with zero attached hydrogens (tertiary/aromatic N) is 1. The highest BCUT2D eigenvalue weighted by atomic mass is 19.2. The van der Waals surface area contributed by atoms with Gasteiger partial charge in [0.25, 0.3) is 0 Å². The third kappa shape index (κ3) is 3.10. The van der Waals surface area contributed by atoms with Crippen LogP contribution in [0.2, 0.25) is 0 Å². The van der Waals surface area contributed by atoms with E-state index in [1.165, 1.54) is 0 Å². The minimum atomic E-state index is -1.60. The maximum absolute atomic E-state index is 13.4. The Morgan fingerprint density at radius 1 is 1.35 bits per heavy atom. The van der Waals surface area contributed by atoms with Crippen LogP contribution in [0.4, 0.5) is 18.9 Å². The Hall–Kier alpha value is -1.60. The van der Waals surface area contributed by atoms with Crippen LogP contribution in [-0.2, 0) is 4.79 Å². The van der Waals surface area contributed by atoms with E-state index in [-0.39, 0.29) is 24.2 Å². The molecule has 1 saturated heterocycles. The molecule has 0 bridgehead atoms. The van der Waals surface area contributed by atoms with Gasteiger partial charge in [0.15, 0.2) is 17.5 Å². The summed E-state index contributed by atoms with van der Waals surface area (Å²) in [5.41, 5.74) is 5.46. The molecule has 1 fully saturated rings. The predicted molar refractivity (Wildman–Crippen MR) is 68.5 cm³/mol. The third-order valence-electron chi connectivity index (χ3n) is 3.42. The minimum absolute atomic E-state index is 0.00259.